The molecule has 0 fully saturated rings. The first-order valence-electron chi connectivity index (χ1n) is 12.5. The molecule has 12 heteroatoms. The van der Waals surface area contributed by atoms with Crippen molar-refractivity contribution >= 4 is 20.4 Å². The quantitative estimate of drug-likeness (QED) is 0.225. The van der Waals surface area contributed by atoms with Crippen LogP contribution in [0.15, 0.2) is 81.4 Å². The van der Waals surface area contributed by atoms with Gasteiger partial charge in [0.05, 0.1) is 19.1 Å². The predicted molar refractivity (Wildman–Crippen MR) is 152 cm³/mol. The maximum Gasteiger partial charge on any atom is 0.524 e. The summed E-state index contributed by atoms with van der Waals surface area (Å²) in [4.78, 5) is 0.283. The van der Waals surface area contributed by atoms with Crippen molar-refractivity contribution < 1.29 is 44.2 Å². The van der Waals surface area contributed by atoms with Crippen molar-refractivity contribution in [2.45, 2.75) is 72.9 Å². The van der Waals surface area contributed by atoms with Crippen LogP contribution < -0.4 is 18.9 Å². The number of methoxy groups -OCH3 is 2. The summed E-state index contributed by atoms with van der Waals surface area (Å²) in [6.45, 7) is 10.8. The summed E-state index contributed by atoms with van der Waals surface area (Å²) in [6, 6.07) is 16.7. The Kier molecular flexibility index (Phi) is 9.22. The highest BCUT2D eigenvalue weighted by Gasteiger charge is 2.53. The molecule has 3 aromatic rings. The molecule has 0 atom stereocenters. The van der Waals surface area contributed by atoms with E-state index in [1.165, 1.54) is 50.6 Å². The molecule has 3 aromatic carbocycles. The van der Waals surface area contributed by atoms with E-state index >= 15 is 0 Å². The Bertz CT molecular complexity index is 1430. The van der Waals surface area contributed by atoms with E-state index in [9.17, 15) is 21.6 Å². The third kappa shape index (κ3) is 7.60. The number of rotatable bonds is 9. The van der Waals surface area contributed by atoms with Crippen LogP contribution in [0.3, 0.4) is 0 Å². The predicted octanol–water partition coefficient (Wildman–Crippen LogP) is 8.12. The van der Waals surface area contributed by atoms with Crippen LogP contribution in [-0.4, -0.2) is 39.3 Å². The van der Waals surface area contributed by atoms with E-state index in [-0.39, 0.29) is 31.9 Å². The molecule has 0 aliphatic rings. The maximum absolute atomic E-state index is 14.0. The molecule has 0 aromatic heterocycles. The second-order valence-corrected chi connectivity index (χ2v) is 15.3. The first-order chi connectivity index (χ1) is 18.8. The van der Waals surface area contributed by atoms with Crippen molar-refractivity contribution in [1.29, 1.82) is 0 Å². The Hall–Kier alpha value is -3.09. The van der Waals surface area contributed by atoms with Gasteiger partial charge in [-0.15, -0.1) is 0 Å². The van der Waals surface area contributed by atoms with Gasteiger partial charge in [0.25, 0.3) is 0 Å². The van der Waals surface area contributed by atoms with Crippen molar-refractivity contribution in [2.75, 3.05) is 14.2 Å². The molecule has 0 spiro atoms. The van der Waals surface area contributed by atoms with Gasteiger partial charge in [0.1, 0.15) is 34.2 Å². The van der Waals surface area contributed by atoms with Crippen LogP contribution in [0.2, 0.25) is 0 Å². The van der Waals surface area contributed by atoms with Crippen molar-refractivity contribution in [3.05, 3.63) is 66.7 Å². The second-order valence-electron chi connectivity index (χ2n) is 10.9. The van der Waals surface area contributed by atoms with Crippen LogP contribution in [0.4, 0.5) is 13.2 Å². The molecule has 0 aliphatic carbocycles. The normalized spacial score (nSPS) is 13.4. The molecule has 0 aliphatic heterocycles. The van der Waals surface area contributed by atoms with Gasteiger partial charge in [-0.2, -0.15) is 25.2 Å². The number of ether oxygens (including phenoxy) is 4. The molecule has 0 amide bonds. The fraction of sp³-hybridized carbons (Fsp3) is 0.379. The van der Waals surface area contributed by atoms with Gasteiger partial charge in [-0.05, 0) is 100 Å². The topological polar surface area (TPSA) is 80.3 Å². The molecule has 0 unspecified atom stereocenters. The highest BCUT2D eigenvalue weighted by molar-refractivity contribution is 8.33. The summed E-state index contributed by atoms with van der Waals surface area (Å²) in [5, 5.41) is 0. The standard InChI is InChI=1S/C29H35F3O7S2/c1-27(2,3)37-22-15-16-26(25(19-22)38-28(4,5)6)40(39-41(33,34)29(30,31)32,23-13-9-11-20(17-23)35-7)24-14-10-12-21(18-24)36-8/h9-19H,1-8H3. The Morgan fingerprint density at radius 2 is 1.12 bits per heavy atom. The molecule has 0 bridgehead atoms. The molecule has 0 N–H and O–H groups in total. The van der Waals surface area contributed by atoms with Gasteiger partial charge in [0.15, 0.2) is 0 Å². The molecule has 0 saturated carbocycles. The lowest BCUT2D eigenvalue weighted by atomic mass is 10.2. The average molecular weight is 617 g/mol. The van der Waals surface area contributed by atoms with Crippen molar-refractivity contribution in [1.82, 2.24) is 0 Å². The van der Waals surface area contributed by atoms with Crippen LogP contribution in [0.1, 0.15) is 41.5 Å². The number of hydrogen-bond acceptors (Lipinski definition) is 7. The van der Waals surface area contributed by atoms with E-state index in [4.69, 9.17) is 22.6 Å². The fourth-order valence-electron chi connectivity index (χ4n) is 3.79. The van der Waals surface area contributed by atoms with Gasteiger partial charge in [0.2, 0.25) is 0 Å². The monoisotopic (exact) mass is 616 g/mol. The molecule has 3 rings (SSSR count). The number of hydrogen-bond donors (Lipinski definition) is 0. The van der Waals surface area contributed by atoms with Gasteiger partial charge < -0.3 is 18.9 Å². The Balaban J connectivity index is 2.56. The Labute approximate surface area is 241 Å². The SMILES string of the molecule is COc1cccc(S(OS(=O)(=O)C(F)(F)F)(c2cccc(OC)c2)c2ccc(OC(C)(C)C)cc2OC(C)(C)C)c1. The van der Waals surface area contributed by atoms with Gasteiger partial charge in [-0.25, -0.2) is 0 Å². The minimum Gasteiger partial charge on any atom is -0.497 e. The van der Waals surface area contributed by atoms with E-state index in [2.05, 4.69) is 0 Å². The summed E-state index contributed by atoms with van der Waals surface area (Å²) in [6.07, 6.45) is 0. The third-order valence-corrected chi connectivity index (χ3v) is 10.2. The number of benzene rings is 3. The maximum atomic E-state index is 14.0. The minimum absolute atomic E-state index is 0.0583. The van der Waals surface area contributed by atoms with Crippen molar-refractivity contribution in [2.24, 2.45) is 0 Å². The fourth-order valence-corrected chi connectivity index (χ4v) is 8.62. The lowest BCUT2D eigenvalue weighted by molar-refractivity contribution is -0.0496. The summed E-state index contributed by atoms with van der Waals surface area (Å²) in [5.74, 6) is 1.00. The van der Waals surface area contributed by atoms with Crippen LogP contribution in [-0.2, 0) is 13.7 Å². The lowest BCUT2D eigenvalue weighted by Gasteiger charge is -2.41. The first-order valence-corrected chi connectivity index (χ1v) is 15.4. The number of alkyl halides is 3. The summed E-state index contributed by atoms with van der Waals surface area (Å²) in [7, 11) is -7.14. The summed E-state index contributed by atoms with van der Waals surface area (Å²) in [5.41, 5.74) is -7.17. The van der Waals surface area contributed by atoms with Crippen LogP contribution in [0.5, 0.6) is 23.0 Å². The van der Waals surface area contributed by atoms with Gasteiger partial charge in [-0.1, -0.05) is 12.1 Å². The smallest absolute Gasteiger partial charge is 0.497 e. The van der Waals surface area contributed by atoms with E-state index < -0.39 is 37.1 Å². The molecular weight excluding hydrogens is 581 g/mol. The molecule has 7 nitrogen and oxygen atoms in total. The largest absolute Gasteiger partial charge is 0.524 e. The molecule has 41 heavy (non-hydrogen) atoms. The summed E-state index contributed by atoms with van der Waals surface area (Å²) < 4.78 is 96.3. The first kappa shape index (κ1) is 32.4. The zero-order valence-corrected chi connectivity index (χ0v) is 25.8. The zero-order valence-electron chi connectivity index (χ0n) is 24.2. The molecule has 0 radical (unpaired) electrons. The zero-order chi connectivity index (χ0) is 30.9. The van der Waals surface area contributed by atoms with Gasteiger partial charge in [0, 0.05) is 15.9 Å². The van der Waals surface area contributed by atoms with E-state index in [0.29, 0.717) is 5.75 Å². The lowest BCUT2D eigenvalue weighted by Crippen LogP contribution is -2.28. The minimum atomic E-state index is -6.17. The van der Waals surface area contributed by atoms with E-state index in [1.807, 2.05) is 20.8 Å². The van der Waals surface area contributed by atoms with Crippen molar-refractivity contribution in [3.8, 4) is 23.0 Å². The molecule has 226 valence electrons. The Morgan fingerprint density at radius 3 is 1.54 bits per heavy atom. The number of halogens is 3. The average Bonchev–Trinajstić information content (AvgIpc) is 2.85. The van der Waals surface area contributed by atoms with E-state index in [1.54, 1.807) is 51.1 Å². The van der Waals surface area contributed by atoms with E-state index in [0.717, 1.165) is 0 Å². The molecular formula is C29H35F3O7S2. The van der Waals surface area contributed by atoms with Gasteiger partial charge in [-0.3, -0.25) is 0 Å². The Morgan fingerprint density at radius 1 is 0.634 bits per heavy atom. The molecule has 0 heterocycles. The summed E-state index contributed by atoms with van der Waals surface area (Å²) >= 11 is 0. The van der Waals surface area contributed by atoms with Crippen LogP contribution in [0, 0.1) is 0 Å². The van der Waals surface area contributed by atoms with Gasteiger partial charge >= 0.3 is 15.6 Å². The van der Waals surface area contributed by atoms with Crippen LogP contribution >= 0.6 is 10.3 Å². The molecule has 0 saturated heterocycles. The van der Waals surface area contributed by atoms with Crippen LogP contribution in [0.25, 0.3) is 0 Å². The van der Waals surface area contributed by atoms with Crippen molar-refractivity contribution in [3.63, 3.8) is 0 Å². The third-order valence-electron chi connectivity index (χ3n) is 5.29. The second kappa shape index (κ2) is 11.7. The highest BCUT2D eigenvalue weighted by Crippen LogP contribution is 2.73. The highest BCUT2D eigenvalue weighted by atomic mass is 32.3.